The van der Waals surface area contributed by atoms with Crippen molar-refractivity contribution >= 4 is 10.0 Å². The molecule has 22 heavy (non-hydrogen) atoms. The van der Waals surface area contributed by atoms with E-state index in [0.717, 1.165) is 11.1 Å². The van der Waals surface area contributed by atoms with Gasteiger partial charge in [-0.15, -0.1) is 0 Å². The van der Waals surface area contributed by atoms with E-state index in [0.29, 0.717) is 31.8 Å². The summed E-state index contributed by atoms with van der Waals surface area (Å²) in [7, 11) is -2.12. The van der Waals surface area contributed by atoms with Crippen molar-refractivity contribution in [1.82, 2.24) is 4.72 Å². The highest BCUT2D eigenvalue weighted by atomic mass is 32.2. The minimum absolute atomic E-state index is 0.0111. The summed E-state index contributed by atoms with van der Waals surface area (Å²) in [6.07, 6.45) is 0.854. The zero-order chi connectivity index (χ0) is 16.4. The lowest BCUT2D eigenvalue weighted by molar-refractivity contribution is -0.0588. The zero-order valence-electron chi connectivity index (χ0n) is 13.2. The molecule has 0 bridgehead atoms. The molecule has 1 aliphatic rings. The summed E-state index contributed by atoms with van der Waals surface area (Å²) < 4.78 is 37.8. The molecule has 1 fully saturated rings. The van der Waals surface area contributed by atoms with E-state index in [-0.39, 0.29) is 11.4 Å². The third-order valence-electron chi connectivity index (χ3n) is 3.96. The number of benzene rings is 1. The van der Waals surface area contributed by atoms with E-state index < -0.39 is 15.6 Å². The van der Waals surface area contributed by atoms with Crippen molar-refractivity contribution < 1.29 is 23.0 Å². The van der Waals surface area contributed by atoms with E-state index in [1.54, 1.807) is 33.1 Å². The second kappa shape index (κ2) is 6.54. The van der Waals surface area contributed by atoms with Gasteiger partial charge in [0.05, 0.1) is 17.6 Å². The highest BCUT2D eigenvalue weighted by molar-refractivity contribution is 7.89. The summed E-state index contributed by atoms with van der Waals surface area (Å²) in [5.74, 6) is 0.682. The number of aryl methyl sites for hydroxylation is 2. The predicted molar refractivity (Wildman–Crippen MR) is 82.7 cm³/mol. The molecule has 1 aliphatic heterocycles. The SMILES string of the molecule is COc1c(C)cc(S(=O)(=O)NCC2(O)CCOCC2)cc1C. The van der Waals surface area contributed by atoms with Gasteiger partial charge in [0.15, 0.2) is 0 Å². The van der Waals surface area contributed by atoms with Gasteiger partial charge >= 0.3 is 0 Å². The molecule has 0 spiro atoms. The van der Waals surface area contributed by atoms with Crippen LogP contribution in [0.15, 0.2) is 17.0 Å². The van der Waals surface area contributed by atoms with E-state index in [2.05, 4.69) is 4.72 Å². The molecule has 0 amide bonds. The molecule has 1 aromatic rings. The minimum Gasteiger partial charge on any atom is -0.496 e. The molecule has 1 heterocycles. The van der Waals surface area contributed by atoms with Gasteiger partial charge in [0.2, 0.25) is 10.0 Å². The van der Waals surface area contributed by atoms with Gasteiger partial charge in [-0.05, 0) is 37.1 Å². The van der Waals surface area contributed by atoms with Gasteiger partial charge in [0.25, 0.3) is 0 Å². The fourth-order valence-electron chi connectivity index (χ4n) is 2.63. The third-order valence-corrected chi connectivity index (χ3v) is 5.34. The first-order chi connectivity index (χ1) is 10.3. The second-order valence-corrected chi connectivity index (χ2v) is 7.52. The Morgan fingerprint density at radius 2 is 1.82 bits per heavy atom. The first kappa shape index (κ1) is 17.2. The van der Waals surface area contributed by atoms with Crippen molar-refractivity contribution in [1.29, 1.82) is 0 Å². The van der Waals surface area contributed by atoms with Gasteiger partial charge in [-0.3, -0.25) is 0 Å². The Morgan fingerprint density at radius 3 is 2.32 bits per heavy atom. The summed E-state index contributed by atoms with van der Waals surface area (Å²) in [6, 6.07) is 3.14. The average molecular weight is 329 g/mol. The van der Waals surface area contributed by atoms with E-state index in [4.69, 9.17) is 9.47 Å². The number of nitrogens with one attached hydrogen (secondary N) is 1. The Kier molecular flexibility index (Phi) is 5.11. The standard InChI is InChI=1S/C15H23NO5S/c1-11-8-13(9-12(2)14(11)20-3)22(18,19)16-10-15(17)4-6-21-7-5-15/h8-9,16-17H,4-7,10H2,1-3H3. The van der Waals surface area contributed by atoms with E-state index in [1.165, 1.54) is 0 Å². The Labute approximate surface area is 131 Å². The molecule has 0 aromatic heterocycles. The average Bonchev–Trinajstić information content (AvgIpc) is 2.46. The van der Waals surface area contributed by atoms with Crippen LogP contribution >= 0.6 is 0 Å². The predicted octanol–water partition coefficient (Wildman–Crippen LogP) is 1.13. The van der Waals surface area contributed by atoms with E-state index >= 15 is 0 Å². The maximum Gasteiger partial charge on any atom is 0.240 e. The number of methoxy groups -OCH3 is 1. The molecule has 2 rings (SSSR count). The molecule has 1 aromatic carbocycles. The molecule has 0 saturated carbocycles. The summed E-state index contributed by atoms with van der Waals surface area (Å²) >= 11 is 0. The van der Waals surface area contributed by atoms with Gasteiger partial charge in [0, 0.05) is 32.6 Å². The van der Waals surface area contributed by atoms with Crippen molar-refractivity contribution in [3.63, 3.8) is 0 Å². The lowest BCUT2D eigenvalue weighted by atomic mass is 9.95. The van der Waals surface area contributed by atoms with Crippen molar-refractivity contribution in [2.45, 2.75) is 37.2 Å². The molecule has 7 heteroatoms. The zero-order valence-corrected chi connectivity index (χ0v) is 14.0. The van der Waals surface area contributed by atoms with Crippen LogP contribution in [0.1, 0.15) is 24.0 Å². The van der Waals surface area contributed by atoms with Crippen LogP contribution in [0.2, 0.25) is 0 Å². The van der Waals surface area contributed by atoms with E-state index in [1.807, 2.05) is 0 Å². The number of hydrogen-bond acceptors (Lipinski definition) is 5. The minimum atomic E-state index is -3.67. The van der Waals surface area contributed by atoms with Crippen molar-refractivity contribution in [2.24, 2.45) is 0 Å². The maximum atomic E-state index is 12.4. The first-order valence-corrected chi connectivity index (χ1v) is 8.71. The lowest BCUT2D eigenvalue weighted by Crippen LogP contribution is -2.46. The highest BCUT2D eigenvalue weighted by Crippen LogP contribution is 2.27. The van der Waals surface area contributed by atoms with Gasteiger partial charge in [-0.2, -0.15) is 0 Å². The molecular formula is C15H23NO5S. The Hall–Kier alpha value is -1.15. The summed E-state index contributed by atoms with van der Waals surface area (Å²) in [4.78, 5) is 0.180. The Balaban J connectivity index is 2.17. The number of ether oxygens (including phenoxy) is 2. The van der Waals surface area contributed by atoms with E-state index in [9.17, 15) is 13.5 Å². The van der Waals surface area contributed by atoms with Crippen molar-refractivity contribution in [3.8, 4) is 5.75 Å². The van der Waals surface area contributed by atoms with Crippen LogP contribution in [0.5, 0.6) is 5.75 Å². The van der Waals surface area contributed by atoms with Crippen LogP contribution in [0.25, 0.3) is 0 Å². The molecule has 0 unspecified atom stereocenters. The molecule has 1 saturated heterocycles. The first-order valence-electron chi connectivity index (χ1n) is 7.22. The molecule has 6 nitrogen and oxygen atoms in total. The lowest BCUT2D eigenvalue weighted by Gasteiger charge is -2.32. The normalized spacial score (nSPS) is 18.2. The molecular weight excluding hydrogens is 306 g/mol. The number of hydrogen-bond donors (Lipinski definition) is 2. The number of aliphatic hydroxyl groups is 1. The fraction of sp³-hybridized carbons (Fsp3) is 0.600. The van der Waals surface area contributed by atoms with Crippen LogP contribution in [-0.4, -0.2) is 46.0 Å². The van der Waals surface area contributed by atoms with Crippen molar-refractivity contribution in [3.05, 3.63) is 23.3 Å². The van der Waals surface area contributed by atoms with Gasteiger partial charge in [-0.25, -0.2) is 13.1 Å². The Bertz CT molecular complexity index is 612. The van der Waals surface area contributed by atoms with Crippen LogP contribution in [0.4, 0.5) is 0 Å². The third kappa shape index (κ3) is 3.78. The molecule has 0 aliphatic carbocycles. The largest absolute Gasteiger partial charge is 0.496 e. The summed E-state index contributed by atoms with van der Waals surface area (Å²) in [5.41, 5.74) is 0.474. The molecule has 124 valence electrons. The quantitative estimate of drug-likeness (QED) is 0.846. The van der Waals surface area contributed by atoms with Crippen molar-refractivity contribution in [2.75, 3.05) is 26.9 Å². The molecule has 2 N–H and O–H groups in total. The second-order valence-electron chi connectivity index (χ2n) is 5.75. The topological polar surface area (TPSA) is 84.9 Å². The van der Waals surface area contributed by atoms with Gasteiger partial charge in [0.1, 0.15) is 5.75 Å². The smallest absolute Gasteiger partial charge is 0.240 e. The number of sulfonamides is 1. The van der Waals surface area contributed by atoms with Gasteiger partial charge in [-0.1, -0.05) is 0 Å². The fourth-order valence-corrected chi connectivity index (χ4v) is 3.92. The monoisotopic (exact) mass is 329 g/mol. The van der Waals surface area contributed by atoms with Crippen LogP contribution < -0.4 is 9.46 Å². The highest BCUT2D eigenvalue weighted by Gasteiger charge is 2.31. The van der Waals surface area contributed by atoms with Crippen LogP contribution in [-0.2, 0) is 14.8 Å². The summed E-state index contributed by atoms with van der Waals surface area (Å²) in [5, 5.41) is 10.3. The molecule has 0 radical (unpaired) electrons. The van der Waals surface area contributed by atoms with Gasteiger partial charge < -0.3 is 14.6 Å². The van der Waals surface area contributed by atoms with Crippen LogP contribution in [0, 0.1) is 13.8 Å². The Morgan fingerprint density at radius 1 is 1.27 bits per heavy atom. The number of rotatable bonds is 5. The van der Waals surface area contributed by atoms with Crippen LogP contribution in [0.3, 0.4) is 0 Å². The molecule has 0 atom stereocenters. The maximum absolute atomic E-state index is 12.4. The summed E-state index contributed by atoms with van der Waals surface area (Å²) in [6.45, 7) is 4.48.